The Morgan fingerprint density at radius 2 is 1.62 bits per heavy atom. The monoisotopic (exact) mass is 353 g/mol. The van der Waals surface area contributed by atoms with Crippen molar-refractivity contribution >= 4 is 5.91 Å². The van der Waals surface area contributed by atoms with Gasteiger partial charge in [0.05, 0.1) is 0 Å². The summed E-state index contributed by atoms with van der Waals surface area (Å²) in [7, 11) is 0. The average molecular weight is 354 g/mol. The first kappa shape index (κ1) is 20.0. The van der Waals surface area contributed by atoms with Crippen molar-refractivity contribution in [3.8, 4) is 5.75 Å². The molecule has 2 aromatic carbocycles. The van der Waals surface area contributed by atoms with Crippen molar-refractivity contribution in [2.45, 2.75) is 58.5 Å². The molecule has 0 aromatic heterocycles. The van der Waals surface area contributed by atoms with E-state index in [1.165, 1.54) is 24.8 Å². The van der Waals surface area contributed by atoms with Crippen LogP contribution in [0.2, 0.25) is 0 Å². The molecule has 0 atom stereocenters. The third kappa shape index (κ3) is 8.19. The van der Waals surface area contributed by atoms with Gasteiger partial charge in [0.2, 0.25) is 5.91 Å². The third-order valence-electron chi connectivity index (χ3n) is 4.41. The maximum atomic E-state index is 11.8. The molecule has 3 nitrogen and oxygen atoms in total. The van der Waals surface area contributed by atoms with Gasteiger partial charge in [0.25, 0.3) is 0 Å². The van der Waals surface area contributed by atoms with E-state index in [1.54, 1.807) is 0 Å². The zero-order valence-corrected chi connectivity index (χ0v) is 15.9. The highest BCUT2D eigenvalue weighted by molar-refractivity contribution is 5.75. The number of rotatable bonds is 12. The van der Waals surface area contributed by atoms with E-state index in [1.807, 2.05) is 30.3 Å². The summed E-state index contributed by atoms with van der Waals surface area (Å²) >= 11 is 0. The van der Waals surface area contributed by atoms with Gasteiger partial charge in [0, 0.05) is 13.0 Å². The van der Waals surface area contributed by atoms with Crippen LogP contribution in [-0.4, -0.2) is 12.5 Å². The number of hydrogen-bond acceptors (Lipinski definition) is 2. The molecule has 0 fully saturated rings. The maximum absolute atomic E-state index is 11.8. The number of carbonyl (C=O) groups is 1. The molecule has 0 spiro atoms. The van der Waals surface area contributed by atoms with Crippen molar-refractivity contribution in [1.29, 1.82) is 0 Å². The van der Waals surface area contributed by atoms with Crippen molar-refractivity contribution in [1.82, 2.24) is 5.32 Å². The zero-order valence-electron chi connectivity index (χ0n) is 15.9. The number of hydrogen-bond donors (Lipinski definition) is 1. The van der Waals surface area contributed by atoms with Gasteiger partial charge in [-0.15, -0.1) is 0 Å². The van der Waals surface area contributed by atoms with Gasteiger partial charge < -0.3 is 10.1 Å². The van der Waals surface area contributed by atoms with E-state index in [0.717, 1.165) is 30.6 Å². The predicted molar refractivity (Wildman–Crippen MR) is 107 cm³/mol. The fraction of sp³-hybridized carbons (Fsp3) is 0.435. The molecule has 0 radical (unpaired) electrons. The predicted octanol–water partition coefficient (Wildman–Crippen LogP) is 5.28. The number of benzene rings is 2. The number of ether oxygens (including phenoxy) is 1. The first-order valence-corrected chi connectivity index (χ1v) is 9.80. The van der Waals surface area contributed by atoms with E-state index in [2.05, 4.69) is 36.5 Å². The molecule has 0 saturated heterocycles. The Hall–Kier alpha value is -2.29. The Morgan fingerprint density at radius 1 is 0.885 bits per heavy atom. The van der Waals surface area contributed by atoms with Crippen molar-refractivity contribution in [2.24, 2.45) is 0 Å². The van der Waals surface area contributed by atoms with Crippen LogP contribution in [0.3, 0.4) is 0 Å². The summed E-state index contributed by atoms with van der Waals surface area (Å²) in [4.78, 5) is 11.8. The van der Waals surface area contributed by atoms with Crippen LogP contribution in [0.25, 0.3) is 0 Å². The highest BCUT2D eigenvalue weighted by Gasteiger charge is 2.02. The van der Waals surface area contributed by atoms with Crippen LogP contribution in [0.1, 0.15) is 56.6 Å². The summed E-state index contributed by atoms with van der Waals surface area (Å²) in [5.41, 5.74) is 2.37. The molecule has 0 aliphatic rings. The lowest BCUT2D eigenvalue weighted by molar-refractivity contribution is -0.121. The van der Waals surface area contributed by atoms with Gasteiger partial charge >= 0.3 is 0 Å². The highest BCUT2D eigenvalue weighted by atomic mass is 16.5. The minimum atomic E-state index is 0.171. The molecule has 0 saturated carbocycles. The standard InChI is InChI=1S/C23H31NO2/c1-2-3-4-5-9-12-23(25)24-18-17-20-13-15-22(16-14-20)26-19-21-10-7-6-8-11-21/h6-8,10-11,13-16H,2-5,9,12,17-19H2,1H3,(H,24,25). The largest absolute Gasteiger partial charge is 0.489 e. The molecule has 0 aliphatic carbocycles. The van der Waals surface area contributed by atoms with Crippen molar-refractivity contribution < 1.29 is 9.53 Å². The summed E-state index contributed by atoms with van der Waals surface area (Å²) in [6, 6.07) is 18.3. The smallest absolute Gasteiger partial charge is 0.220 e. The van der Waals surface area contributed by atoms with Crippen LogP contribution in [0.15, 0.2) is 54.6 Å². The van der Waals surface area contributed by atoms with E-state index >= 15 is 0 Å². The summed E-state index contributed by atoms with van der Waals surface area (Å²) < 4.78 is 5.79. The van der Waals surface area contributed by atoms with Gasteiger partial charge in [-0.25, -0.2) is 0 Å². The Kier molecular flexibility index (Phi) is 9.34. The number of amides is 1. The maximum Gasteiger partial charge on any atom is 0.220 e. The minimum absolute atomic E-state index is 0.171. The van der Waals surface area contributed by atoms with Crippen LogP contribution < -0.4 is 10.1 Å². The number of nitrogens with one attached hydrogen (secondary N) is 1. The SMILES string of the molecule is CCCCCCCC(=O)NCCc1ccc(OCc2ccccc2)cc1. The molecule has 2 rings (SSSR count). The van der Waals surface area contributed by atoms with Gasteiger partial charge in [0.15, 0.2) is 0 Å². The molecule has 0 bridgehead atoms. The molecular formula is C23H31NO2. The van der Waals surface area contributed by atoms with E-state index < -0.39 is 0 Å². The molecular weight excluding hydrogens is 322 g/mol. The minimum Gasteiger partial charge on any atom is -0.489 e. The second kappa shape index (κ2) is 12.1. The summed E-state index contributed by atoms with van der Waals surface area (Å²) in [5.74, 6) is 1.04. The van der Waals surface area contributed by atoms with Crippen LogP contribution in [0, 0.1) is 0 Å². The lowest BCUT2D eigenvalue weighted by Gasteiger charge is -2.08. The van der Waals surface area contributed by atoms with Crippen LogP contribution in [0.5, 0.6) is 5.75 Å². The number of unbranched alkanes of at least 4 members (excludes halogenated alkanes) is 4. The quantitative estimate of drug-likeness (QED) is 0.527. The van der Waals surface area contributed by atoms with Crippen molar-refractivity contribution in [3.05, 3.63) is 65.7 Å². The van der Waals surface area contributed by atoms with E-state index in [4.69, 9.17) is 4.74 Å². The fourth-order valence-corrected chi connectivity index (χ4v) is 2.82. The molecule has 0 unspecified atom stereocenters. The lowest BCUT2D eigenvalue weighted by atomic mass is 10.1. The first-order chi connectivity index (χ1) is 12.8. The van der Waals surface area contributed by atoms with Crippen molar-refractivity contribution in [3.63, 3.8) is 0 Å². The average Bonchev–Trinajstić information content (AvgIpc) is 2.68. The Balaban J connectivity index is 1.60. The zero-order chi connectivity index (χ0) is 18.5. The summed E-state index contributed by atoms with van der Waals surface area (Å²) in [5, 5.41) is 3.01. The molecule has 0 heterocycles. The van der Waals surface area contributed by atoms with Crippen molar-refractivity contribution in [2.75, 3.05) is 6.54 Å². The fourth-order valence-electron chi connectivity index (χ4n) is 2.82. The van der Waals surface area contributed by atoms with E-state index in [0.29, 0.717) is 19.6 Å². The van der Waals surface area contributed by atoms with Crippen LogP contribution in [0.4, 0.5) is 0 Å². The molecule has 26 heavy (non-hydrogen) atoms. The third-order valence-corrected chi connectivity index (χ3v) is 4.41. The topological polar surface area (TPSA) is 38.3 Å². The van der Waals surface area contributed by atoms with Gasteiger partial charge in [-0.05, 0) is 36.1 Å². The highest BCUT2D eigenvalue weighted by Crippen LogP contribution is 2.14. The summed E-state index contributed by atoms with van der Waals surface area (Å²) in [6.07, 6.45) is 7.40. The molecule has 3 heteroatoms. The molecule has 1 amide bonds. The molecule has 1 N–H and O–H groups in total. The molecule has 2 aromatic rings. The lowest BCUT2D eigenvalue weighted by Crippen LogP contribution is -2.25. The van der Waals surface area contributed by atoms with Gasteiger partial charge in [0.1, 0.15) is 12.4 Å². The Bertz CT molecular complexity index is 622. The summed E-state index contributed by atoms with van der Waals surface area (Å²) in [6.45, 7) is 3.47. The van der Waals surface area contributed by atoms with Gasteiger partial charge in [-0.2, -0.15) is 0 Å². The Labute approximate surface area is 157 Å². The second-order valence-corrected chi connectivity index (χ2v) is 6.68. The second-order valence-electron chi connectivity index (χ2n) is 6.68. The van der Waals surface area contributed by atoms with E-state index in [9.17, 15) is 4.79 Å². The van der Waals surface area contributed by atoms with Crippen LogP contribution in [-0.2, 0) is 17.8 Å². The first-order valence-electron chi connectivity index (χ1n) is 9.80. The van der Waals surface area contributed by atoms with Gasteiger partial charge in [-0.1, -0.05) is 75.1 Å². The van der Waals surface area contributed by atoms with Gasteiger partial charge in [-0.3, -0.25) is 4.79 Å². The normalized spacial score (nSPS) is 10.5. The Morgan fingerprint density at radius 3 is 2.35 bits per heavy atom. The molecule has 0 aliphatic heterocycles. The van der Waals surface area contributed by atoms with Crippen LogP contribution >= 0.6 is 0 Å². The van der Waals surface area contributed by atoms with E-state index in [-0.39, 0.29) is 5.91 Å². The molecule has 140 valence electrons. The number of carbonyl (C=O) groups excluding carboxylic acids is 1.